The summed E-state index contributed by atoms with van der Waals surface area (Å²) in [5.41, 5.74) is 6.17. The molecule has 1 aliphatic rings. The highest BCUT2D eigenvalue weighted by atomic mass is 19.1. The Balaban J connectivity index is 2.73. The van der Waals surface area contributed by atoms with E-state index in [2.05, 4.69) is 15.5 Å². The van der Waals surface area contributed by atoms with Crippen LogP contribution < -0.4 is 11.1 Å². The maximum Gasteiger partial charge on any atom is 0.405 e. The number of ether oxygens (including phenoxy) is 3. The molecule has 0 aliphatic carbocycles. The van der Waals surface area contributed by atoms with Crippen molar-refractivity contribution in [2.24, 2.45) is 27.7 Å². The first-order valence-corrected chi connectivity index (χ1v) is 13.7. The zero-order chi connectivity index (χ0) is 32.3. The number of aromatic hydroxyl groups is 2. The summed E-state index contributed by atoms with van der Waals surface area (Å²) in [4.78, 5) is 40.8. The van der Waals surface area contributed by atoms with E-state index in [0.29, 0.717) is 12.0 Å². The van der Waals surface area contributed by atoms with Crippen molar-refractivity contribution in [2.75, 3.05) is 26.2 Å². The second kappa shape index (κ2) is 16.5. The zero-order valence-corrected chi connectivity index (χ0v) is 25.2. The van der Waals surface area contributed by atoms with Crippen LogP contribution in [-0.2, 0) is 25.4 Å². The fourth-order valence-electron chi connectivity index (χ4n) is 5.03. The van der Waals surface area contributed by atoms with Crippen LogP contribution in [0.2, 0.25) is 0 Å². The minimum atomic E-state index is -1.03. The van der Waals surface area contributed by atoms with Crippen LogP contribution in [-0.4, -0.2) is 73.7 Å². The number of nitroso groups, excluding NO2 is 1. The molecule has 0 saturated carbocycles. The number of benzene rings is 1. The standard InChI is InChI=1S/C30H41FN4O8/c1-16-12-20-26(33-11-10-31)22(36)15-21(27(20)37)34-29(38)17(2)8-7-9-23(41-5)28(43-30(32)39)19(4)14-18(3)25(35-40)24(13-16)42-6/h7-9,11,14-16,18,23-25,28,36-37H,10,12-13H2,1-6H3,(H2,32,39)(H,34,38)/b9-7-,17-8+,19-14+,33-11?/t16-,18+,23+,24+,25?,28+/m1/s1. The topological polar surface area (TPSA) is 182 Å². The van der Waals surface area contributed by atoms with E-state index in [0.717, 1.165) is 12.3 Å². The monoisotopic (exact) mass is 604 g/mol. The fraction of sp³-hybridized carbons (Fsp3) is 0.500. The number of alkyl halides is 1. The highest BCUT2D eigenvalue weighted by molar-refractivity contribution is 6.04. The fourth-order valence-corrected chi connectivity index (χ4v) is 5.03. The summed E-state index contributed by atoms with van der Waals surface area (Å²) in [6, 6.07) is 0.267. The number of nitrogens with two attached hydrogens (primary N) is 1. The summed E-state index contributed by atoms with van der Waals surface area (Å²) in [6.07, 6.45) is 4.20. The molecule has 1 aromatic rings. The number of primary amides is 1. The Morgan fingerprint density at radius 2 is 1.93 bits per heavy atom. The first-order chi connectivity index (χ1) is 20.4. The summed E-state index contributed by atoms with van der Waals surface area (Å²) >= 11 is 0. The molecular weight excluding hydrogens is 563 g/mol. The molecule has 1 unspecified atom stereocenters. The summed E-state index contributed by atoms with van der Waals surface area (Å²) in [5.74, 6) is -2.06. The molecule has 2 amide bonds. The second-order valence-corrected chi connectivity index (χ2v) is 10.5. The van der Waals surface area contributed by atoms with Gasteiger partial charge in [0.15, 0.2) is 6.10 Å². The molecule has 0 aromatic heterocycles. The molecule has 0 saturated heterocycles. The normalized spacial score (nSPS) is 29.1. The number of nitrogens with zero attached hydrogens (tertiary/aromatic N) is 2. The Hall–Kier alpha value is -4.10. The van der Waals surface area contributed by atoms with E-state index in [9.17, 15) is 29.1 Å². The van der Waals surface area contributed by atoms with Crippen molar-refractivity contribution < 1.29 is 38.4 Å². The van der Waals surface area contributed by atoms with Gasteiger partial charge < -0.3 is 35.5 Å². The Bertz CT molecular complexity index is 1280. The average Bonchev–Trinajstić information content (AvgIpc) is 2.95. The number of aliphatic imine (C=N–C) groups is 1. The number of phenolic OH excluding ortho intramolecular Hbond substituents is 2. The molecular formula is C30H41FN4O8. The van der Waals surface area contributed by atoms with Gasteiger partial charge in [-0.25, -0.2) is 9.18 Å². The van der Waals surface area contributed by atoms with Gasteiger partial charge in [0.05, 0.1) is 11.8 Å². The third kappa shape index (κ3) is 9.45. The van der Waals surface area contributed by atoms with Crippen LogP contribution >= 0.6 is 0 Å². The van der Waals surface area contributed by atoms with Crippen molar-refractivity contribution in [3.05, 3.63) is 52.0 Å². The summed E-state index contributed by atoms with van der Waals surface area (Å²) in [6.45, 7) is 5.95. The van der Waals surface area contributed by atoms with Gasteiger partial charge in [0.25, 0.3) is 5.91 Å². The molecule has 0 fully saturated rings. The van der Waals surface area contributed by atoms with Crippen LogP contribution in [0.1, 0.15) is 39.7 Å². The number of carbonyl (C=O) groups is 2. The minimum Gasteiger partial charge on any atom is -0.506 e. The van der Waals surface area contributed by atoms with Crippen molar-refractivity contribution in [3.63, 3.8) is 0 Å². The number of amides is 2. The van der Waals surface area contributed by atoms with Gasteiger partial charge in [-0.05, 0) is 38.2 Å². The molecule has 1 aromatic carbocycles. The first kappa shape index (κ1) is 35.1. The van der Waals surface area contributed by atoms with E-state index in [1.54, 1.807) is 26.0 Å². The van der Waals surface area contributed by atoms with E-state index in [4.69, 9.17) is 19.9 Å². The summed E-state index contributed by atoms with van der Waals surface area (Å²) in [5, 5.41) is 27.8. The Kier molecular flexibility index (Phi) is 13.5. The van der Waals surface area contributed by atoms with Crippen LogP contribution in [0.3, 0.4) is 0 Å². The SMILES string of the molecule is CO[C@H]1C[C@H](C)Cc2c(O)c(cc(O)c2N=CCF)NC(=O)/C(C)=C/C=C\[C@H](OC)[C@@H](OC(N)=O)/C(C)=C/[C@H](C)C1N=O. The van der Waals surface area contributed by atoms with Crippen LogP contribution in [0.25, 0.3) is 0 Å². The lowest BCUT2D eigenvalue weighted by Gasteiger charge is -2.28. The molecule has 1 heterocycles. The third-order valence-corrected chi connectivity index (χ3v) is 7.21. The summed E-state index contributed by atoms with van der Waals surface area (Å²) in [7, 11) is 2.86. The molecule has 2 rings (SSSR count). The zero-order valence-electron chi connectivity index (χ0n) is 25.2. The number of carbonyl (C=O) groups excluding carboxylic acids is 2. The van der Waals surface area contributed by atoms with Crippen LogP contribution in [0.4, 0.5) is 20.6 Å². The number of fused-ring (bicyclic) bond motifs is 2. The number of phenols is 2. The highest BCUT2D eigenvalue weighted by Crippen LogP contribution is 2.44. The molecule has 1 aliphatic heterocycles. The Morgan fingerprint density at radius 1 is 1.23 bits per heavy atom. The van der Waals surface area contributed by atoms with E-state index in [-0.39, 0.29) is 46.3 Å². The number of methoxy groups -OCH3 is 2. The molecule has 2 bridgehead atoms. The van der Waals surface area contributed by atoms with Crippen molar-refractivity contribution in [1.29, 1.82) is 0 Å². The number of anilines is 1. The number of rotatable bonds is 6. The van der Waals surface area contributed by atoms with Crippen molar-refractivity contribution in [1.82, 2.24) is 0 Å². The van der Waals surface area contributed by atoms with Gasteiger partial charge in [-0.3, -0.25) is 9.79 Å². The van der Waals surface area contributed by atoms with Gasteiger partial charge in [-0.15, -0.1) is 0 Å². The van der Waals surface area contributed by atoms with Gasteiger partial charge in [0, 0.05) is 43.6 Å². The molecule has 43 heavy (non-hydrogen) atoms. The predicted molar refractivity (Wildman–Crippen MR) is 161 cm³/mol. The smallest absolute Gasteiger partial charge is 0.405 e. The van der Waals surface area contributed by atoms with Gasteiger partial charge in [-0.2, -0.15) is 4.91 Å². The van der Waals surface area contributed by atoms with E-state index in [1.165, 1.54) is 33.3 Å². The second-order valence-electron chi connectivity index (χ2n) is 10.5. The quantitative estimate of drug-likeness (QED) is 0.115. The Morgan fingerprint density at radius 3 is 2.51 bits per heavy atom. The lowest BCUT2D eigenvalue weighted by atomic mass is 9.86. The van der Waals surface area contributed by atoms with Crippen LogP contribution in [0, 0.1) is 16.7 Å². The minimum absolute atomic E-state index is 0.0434. The highest BCUT2D eigenvalue weighted by Gasteiger charge is 2.32. The lowest BCUT2D eigenvalue weighted by molar-refractivity contribution is -0.112. The number of nitrogens with one attached hydrogen (secondary N) is 1. The number of allylic oxidation sites excluding steroid dienone is 2. The number of hydrogen-bond acceptors (Lipinski definition) is 10. The molecule has 6 atom stereocenters. The van der Waals surface area contributed by atoms with Gasteiger partial charge >= 0.3 is 6.09 Å². The predicted octanol–water partition coefficient (Wildman–Crippen LogP) is 5.00. The summed E-state index contributed by atoms with van der Waals surface area (Å²) < 4.78 is 29.5. The van der Waals surface area contributed by atoms with E-state index < -0.39 is 48.9 Å². The van der Waals surface area contributed by atoms with E-state index >= 15 is 0 Å². The van der Waals surface area contributed by atoms with Crippen molar-refractivity contribution in [3.8, 4) is 11.5 Å². The number of hydrogen-bond donors (Lipinski definition) is 4. The maximum absolute atomic E-state index is 13.0. The van der Waals surface area contributed by atoms with Crippen LogP contribution in [0.15, 0.2) is 51.7 Å². The lowest BCUT2D eigenvalue weighted by Crippen LogP contribution is -2.36. The first-order valence-electron chi connectivity index (χ1n) is 13.7. The molecule has 12 nitrogen and oxygen atoms in total. The van der Waals surface area contributed by atoms with Gasteiger partial charge in [0.1, 0.15) is 36.0 Å². The molecule has 0 radical (unpaired) electrons. The van der Waals surface area contributed by atoms with Crippen molar-refractivity contribution >= 4 is 29.6 Å². The van der Waals surface area contributed by atoms with Crippen molar-refractivity contribution in [2.45, 2.75) is 64.9 Å². The third-order valence-electron chi connectivity index (χ3n) is 7.21. The molecule has 0 spiro atoms. The molecule has 236 valence electrons. The Labute approximate surface area is 250 Å². The maximum atomic E-state index is 13.0. The van der Waals surface area contributed by atoms with Gasteiger partial charge in [0.2, 0.25) is 0 Å². The molecule has 5 N–H and O–H groups in total. The average molecular weight is 605 g/mol. The van der Waals surface area contributed by atoms with Crippen LogP contribution in [0.5, 0.6) is 11.5 Å². The largest absolute Gasteiger partial charge is 0.506 e. The van der Waals surface area contributed by atoms with E-state index in [1.807, 2.05) is 6.92 Å². The van der Waals surface area contributed by atoms with Gasteiger partial charge in [-0.1, -0.05) is 43.3 Å². The molecule has 13 heteroatoms. The number of halogens is 1.